The number of Topliss-reactive ketones (excluding diaryl/α,β-unsaturated/α-hetero) is 1. The first kappa shape index (κ1) is 12.2. The van der Waals surface area contributed by atoms with Crippen LogP contribution in [-0.2, 0) is 0 Å². The van der Waals surface area contributed by atoms with Crippen LogP contribution in [0.4, 0.5) is 0 Å². The molecule has 17 heavy (non-hydrogen) atoms. The van der Waals surface area contributed by atoms with Gasteiger partial charge in [-0.25, -0.2) is 4.98 Å². The van der Waals surface area contributed by atoms with Crippen molar-refractivity contribution in [2.24, 2.45) is 0 Å². The molecule has 1 aliphatic heterocycles. The summed E-state index contributed by atoms with van der Waals surface area (Å²) >= 11 is 0. The smallest absolute Gasteiger partial charge is 0.202 e. The number of carbonyl (C=O) groups excluding carboxylic acids is 1. The molecular formula is C13H19N3O. The van der Waals surface area contributed by atoms with Gasteiger partial charge in [0.1, 0.15) is 5.69 Å². The van der Waals surface area contributed by atoms with Crippen molar-refractivity contribution >= 4 is 5.78 Å². The molecule has 0 spiro atoms. The van der Waals surface area contributed by atoms with E-state index in [-0.39, 0.29) is 5.78 Å². The van der Waals surface area contributed by atoms with Crippen LogP contribution in [0.3, 0.4) is 0 Å². The molecule has 0 aromatic carbocycles. The minimum atomic E-state index is -0.476. The van der Waals surface area contributed by atoms with E-state index in [9.17, 15) is 4.79 Å². The van der Waals surface area contributed by atoms with Gasteiger partial charge in [0.15, 0.2) is 0 Å². The second-order valence-corrected chi connectivity index (χ2v) is 5.03. The fraction of sp³-hybridized carbons (Fsp3) is 0.615. The largest absolute Gasteiger partial charge is 0.291 e. The molecule has 0 aliphatic carbocycles. The fourth-order valence-electron chi connectivity index (χ4n) is 2.33. The molecule has 1 saturated heterocycles. The lowest BCUT2D eigenvalue weighted by Crippen LogP contribution is -2.52. The Labute approximate surface area is 102 Å². The highest BCUT2D eigenvalue weighted by atomic mass is 16.1. The Bertz CT molecular complexity index is 383. The van der Waals surface area contributed by atoms with Gasteiger partial charge in [-0.2, -0.15) is 0 Å². The monoisotopic (exact) mass is 233 g/mol. The molecular weight excluding hydrogens is 214 g/mol. The van der Waals surface area contributed by atoms with Crippen molar-refractivity contribution in [3.63, 3.8) is 0 Å². The topological polar surface area (TPSA) is 46.1 Å². The van der Waals surface area contributed by atoms with E-state index in [0.717, 1.165) is 13.1 Å². The van der Waals surface area contributed by atoms with E-state index in [1.807, 2.05) is 13.8 Å². The molecule has 4 nitrogen and oxygen atoms in total. The quantitative estimate of drug-likeness (QED) is 0.748. The predicted molar refractivity (Wildman–Crippen MR) is 65.9 cm³/mol. The molecule has 4 heteroatoms. The SMILES string of the molecule is CC(C)(C(=O)c1cnccn1)N1CCCCC1. The molecule has 2 rings (SSSR count). The Kier molecular flexibility index (Phi) is 3.52. The van der Waals surface area contributed by atoms with Gasteiger partial charge in [-0.1, -0.05) is 6.42 Å². The van der Waals surface area contributed by atoms with Crippen LogP contribution in [0, 0.1) is 0 Å². The van der Waals surface area contributed by atoms with Crippen molar-refractivity contribution < 1.29 is 4.79 Å². The number of nitrogens with zero attached hydrogens (tertiary/aromatic N) is 3. The Morgan fingerprint density at radius 3 is 2.53 bits per heavy atom. The minimum Gasteiger partial charge on any atom is -0.291 e. The first-order valence-corrected chi connectivity index (χ1v) is 6.18. The lowest BCUT2D eigenvalue weighted by Gasteiger charge is -2.39. The van der Waals surface area contributed by atoms with Crippen LogP contribution in [0.15, 0.2) is 18.6 Å². The molecule has 0 unspecified atom stereocenters. The highest BCUT2D eigenvalue weighted by Crippen LogP contribution is 2.23. The first-order valence-electron chi connectivity index (χ1n) is 6.18. The van der Waals surface area contributed by atoms with Crippen molar-refractivity contribution in [2.45, 2.75) is 38.6 Å². The molecule has 0 amide bonds. The van der Waals surface area contributed by atoms with Gasteiger partial charge in [-0.3, -0.25) is 14.7 Å². The standard InChI is InChI=1S/C13H19N3O/c1-13(2,16-8-4-3-5-9-16)12(17)11-10-14-6-7-15-11/h6-7,10H,3-5,8-9H2,1-2H3. The summed E-state index contributed by atoms with van der Waals surface area (Å²) in [6.07, 6.45) is 8.33. The molecule has 2 heterocycles. The first-order chi connectivity index (χ1) is 8.12. The van der Waals surface area contributed by atoms with E-state index < -0.39 is 5.54 Å². The van der Waals surface area contributed by atoms with Gasteiger partial charge < -0.3 is 0 Å². The van der Waals surface area contributed by atoms with E-state index in [0.29, 0.717) is 5.69 Å². The van der Waals surface area contributed by atoms with Crippen LogP contribution < -0.4 is 0 Å². The number of hydrogen-bond donors (Lipinski definition) is 0. The van der Waals surface area contributed by atoms with E-state index in [1.54, 1.807) is 18.6 Å². The maximum absolute atomic E-state index is 12.4. The average Bonchev–Trinajstić information content (AvgIpc) is 2.40. The summed E-state index contributed by atoms with van der Waals surface area (Å²) in [6, 6.07) is 0. The lowest BCUT2D eigenvalue weighted by molar-refractivity contribution is 0.0573. The summed E-state index contributed by atoms with van der Waals surface area (Å²) in [5.41, 5.74) is -0.0146. The van der Waals surface area contributed by atoms with E-state index >= 15 is 0 Å². The number of rotatable bonds is 3. The van der Waals surface area contributed by atoms with Gasteiger partial charge in [-0.15, -0.1) is 0 Å². The molecule has 0 radical (unpaired) electrons. The Morgan fingerprint density at radius 1 is 1.24 bits per heavy atom. The summed E-state index contributed by atoms with van der Waals surface area (Å²) in [7, 11) is 0. The Morgan fingerprint density at radius 2 is 1.94 bits per heavy atom. The fourth-order valence-corrected chi connectivity index (χ4v) is 2.33. The maximum atomic E-state index is 12.4. The van der Waals surface area contributed by atoms with Crippen LogP contribution in [0.5, 0.6) is 0 Å². The lowest BCUT2D eigenvalue weighted by atomic mass is 9.92. The van der Waals surface area contributed by atoms with Gasteiger partial charge in [0.2, 0.25) is 5.78 Å². The van der Waals surface area contributed by atoms with Gasteiger partial charge >= 0.3 is 0 Å². The zero-order valence-electron chi connectivity index (χ0n) is 10.5. The van der Waals surface area contributed by atoms with Crippen molar-refractivity contribution in [1.82, 2.24) is 14.9 Å². The predicted octanol–water partition coefficient (Wildman–Crippen LogP) is 1.92. The normalized spacial score (nSPS) is 18.0. The second kappa shape index (κ2) is 4.92. The van der Waals surface area contributed by atoms with E-state index in [4.69, 9.17) is 0 Å². The van der Waals surface area contributed by atoms with Crippen molar-refractivity contribution in [3.8, 4) is 0 Å². The van der Waals surface area contributed by atoms with Crippen LogP contribution in [0.2, 0.25) is 0 Å². The Hall–Kier alpha value is -1.29. The molecule has 92 valence electrons. The summed E-state index contributed by atoms with van der Waals surface area (Å²) in [5.74, 6) is 0.0625. The molecule has 0 atom stereocenters. The maximum Gasteiger partial charge on any atom is 0.202 e. The molecule has 1 fully saturated rings. The van der Waals surface area contributed by atoms with Crippen molar-refractivity contribution in [2.75, 3.05) is 13.1 Å². The van der Waals surface area contributed by atoms with Gasteiger partial charge in [0, 0.05) is 12.4 Å². The molecule has 1 aliphatic rings. The number of carbonyl (C=O) groups is 1. The van der Waals surface area contributed by atoms with Gasteiger partial charge in [0.25, 0.3) is 0 Å². The van der Waals surface area contributed by atoms with Crippen molar-refractivity contribution in [1.29, 1.82) is 0 Å². The summed E-state index contributed by atoms with van der Waals surface area (Å²) in [6.45, 7) is 5.96. The second-order valence-electron chi connectivity index (χ2n) is 5.03. The third kappa shape index (κ3) is 2.52. The number of ketones is 1. The van der Waals surface area contributed by atoms with E-state index in [1.165, 1.54) is 19.3 Å². The zero-order valence-corrected chi connectivity index (χ0v) is 10.5. The van der Waals surface area contributed by atoms with Gasteiger partial charge in [0.05, 0.1) is 11.7 Å². The third-order valence-electron chi connectivity index (χ3n) is 3.50. The van der Waals surface area contributed by atoms with Crippen LogP contribution >= 0.6 is 0 Å². The van der Waals surface area contributed by atoms with Crippen LogP contribution in [-0.4, -0.2) is 39.3 Å². The summed E-state index contributed by atoms with van der Waals surface area (Å²) < 4.78 is 0. The highest BCUT2D eigenvalue weighted by Gasteiger charge is 2.36. The molecule has 1 aromatic heterocycles. The zero-order chi connectivity index (χ0) is 12.3. The average molecular weight is 233 g/mol. The number of aromatic nitrogens is 2. The molecule has 0 saturated carbocycles. The summed E-state index contributed by atoms with van der Waals surface area (Å²) in [5, 5.41) is 0. The van der Waals surface area contributed by atoms with Gasteiger partial charge in [-0.05, 0) is 39.8 Å². The van der Waals surface area contributed by atoms with E-state index in [2.05, 4.69) is 14.9 Å². The highest BCUT2D eigenvalue weighted by molar-refractivity contribution is 6.00. The Balaban J connectivity index is 2.17. The molecule has 0 N–H and O–H groups in total. The molecule has 0 bridgehead atoms. The van der Waals surface area contributed by atoms with Crippen LogP contribution in [0.1, 0.15) is 43.6 Å². The van der Waals surface area contributed by atoms with Crippen molar-refractivity contribution in [3.05, 3.63) is 24.3 Å². The number of piperidine rings is 1. The minimum absolute atomic E-state index is 0.0625. The summed E-state index contributed by atoms with van der Waals surface area (Å²) in [4.78, 5) is 22.7. The third-order valence-corrected chi connectivity index (χ3v) is 3.50. The van der Waals surface area contributed by atoms with Crippen LogP contribution in [0.25, 0.3) is 0 Å². The number of likely N-dealkylation sites (tertiary alicyclic amines) is 1. The number of hydrogen-bond acceptors (Lipinski definition) is 4. The molecule has 1 aromatic rings.